The maximum atomic E-state index is 12.0. The minimum absolute atomic E-state index is 0.180. The summed E-state index contributed by atoms with van der Waals surface area (Å²) in [5, 5.41) is 3.14. The summed E-state index contributed by atoms with van der Waals surface area (Å²) in [6.45, 7) is 5.94. The Balaban J connectivity index is 1.69. The van der Waals surface area contributed by atoms with E-state index in [4.69, 9.17) is 5.73 Å². The zero-order valence-electron chi connectivity index (χ0n) is 11.2. The Bertz CT molecular complexity index is 278. The molecule has 3 heteroatoms. The fourth-order valence-corrected chi connectivity index (χ4v) is 3.32. The molecule has 0 aromatic rings. The van der Waals surface area contributed by atoms with Gasteiger partial charge < -0.3 is 11.1 Å². The van der Waals surface area contributed by atoms with Gasteiger partial charge in [0.1, 0.15) is 0 Å². The molecule has 2 rings (SSSR count). The first-order chi connectivity index (χ1) is 8.05. The molecule has 0 heterocycles. The highest BCUT2D eigenvalue weighted by Gasteiger charge is 2.56. The molecular formula is C14H26N2O. The normalized spacial score (nSPS) is 31.1. The topological polar surface area (TPSA) is 55.1 Å². The average Bonchev–Trinajstić information content (AvgIpc) is 2.77. The number of nitrogens with two attached hydrogens (primary N) is 1. The molecule has 0 aromatic heterocycles. The summed E-state index contributed by atoms with van der Waals surface area (Å²) in [5.74, 6) is 2.11. The molecule has 0 aromatic carbocycles. The molecule has 1 amide bonds. The highest BCUT2D eigenvalue weighted by Crippen LogP contribution is 2.57. The summed E-state index contributed by atoms with van der Waals surface area (Å²) < 4.78 is 0. The molecule has 0 radical (unpaired) electrons. The second-order valence-corrected chi connectivity index (χ2v) is 6.56. The van der Waals surface area contributed by atoms with Gasteiger partial charge in [-0.2, -0.15) is 0 Å². The van der Waals surface area contributed by atoms with Crippen LogP contribution in [0.1, 0.15) is 46.0 Å². The average molecular weight is 238 g/mol. The third-order valence-corrected chi connectivity index (χ3v) is 4.51. The number of carbonyl (C=O) groups excluding carboxylic acids is 1. The highest BCUT2D eigenvalue weighted by molar-refractivity contribution is 5.82. The van der Waals surface area contributed by atoms with Gasteiger partial charge in [-0.3, -0.25) is 4.79 Å². The Kier molecular flexibility index (Phi) is 3.76. The summed E-state index contributed by atoms with van der Waals surface area (Å²) in [7, 11) is 0. The van der Waals surface area contributed by atoms with Gasteiger partial charge in [0.2, 0.25) is 5.91 Å². The maximum absolute atomic E-state index is 12.0. The van der Waals surface area contributed by atoms with E-state index < -0.39 is 0 Å². The van der Waals surface area contributed by atoms with E-state index in [1.807, 2.05) is 0 Å². The number of hydrogen-bond donors (Lipinski definition) is 2. The quantitative estimate of drug-likeness (QED) is 0.742. The number of rotatable bonds is 6. The van der Waals surface area contributed by atoms with E-state index in [0.717, 1.165) is 37.8 Å². The van der Waals surface area contributed by atoms with E-state index >= 15 is 0 Å². The summed E-state index contributed by atoms with van der Waals surface area (Å²) in [6, 6.07) is 0. The lowest BCUT2D eigenvalue weighted by Gasteiger charge is -2.25. The Labute approximate surface area is 105 Å². The monoisotopic (exact) mass is 238 g/mol. The van der Waals surface area contributed by atoms with Crippen molar-refractivity contribution in [2.24, 2.45) is 28.9 Å². The van der Waals surface area contributed by atoms with Crippen molar-refractivity contribution in [1.82, 2.24) is 5.32 Å². The third kappa shape index (κ3) is 3.01. The minimum Gasteiger partial charge on any atom is -0.355 e. The summed E-state index contributed by atoms with van der Waals surface area (Å²) >= 11 is 0. The van der Waals surface area contributed by atoms with Crippen LogP contribution >= 0.6 is 0 Å². The van der Waals surface area contributed by atoms with Crippen LogP contribution in [-0.4, -0.2) is 19.0 Å². The largest absolute Gasteiger partial charge is 0.355 e. The predicted molar refractivity (Wildman–Crippen MR) is 69.4 cm³/mol. The van der Waals surface area contributed by atoms with E-state index in [1.54, 1.807) is 0 Å². The molecule has 2 saturated carbocycles. The number of amides is 1. The molecular weight excluding hydrogens is 212 g/mol. The van der Waals surface area contributed by atoms with Crippen LogP contribution in [0.4, 0.5) is 0 Å². The highest BCUT2D eigenvalue weighted by atomic mass is 16.2. The molecule has 2 atom stereocenters. The van der Waals surface area contributed by atoms with Gasteiger partial charge in [-0.1, -0.05) is 20.3 Å². The van der Waals surface area contributed by atoms with Crippen molar-refractivity contribution in [3.63, 3.8) is 0 Å². The number of nitrogens with one attached hydrogen (secondary N) is 1. The van der Waals surface area contributed by atoms with Gasteiger partial charge in [0.15, 0.2) is 0 Å². The molecule has 0 aliphatic heterocycles. The van der Waals surface area contributed by atoms with Crippen molar-refractivity contribution >= 4 is 5.91 Å². The van der Waals surface area contributed by atoms with Crippen molar-refractivity contribution < 1.29 is 4.79 Å². The second-order valence-electron chi connectivity index (χ2n) is 6.56. The van der Waals surface area contributed by atoms with Crippen LogP contribution in [0.2, 0.25) is 0 Å². The zero-order chi connectivity index (χ0) is 12.5. The van der Waals surface area contributed by atoms with E-state index in [-0.39, 0.29) is 5.41 Å². The summed E-state index contributed by atoms with van der Waals surface area (Å²) in [6.07, 6.45) is 6.01. The maximum Gasteiger partial charge on any atom is 0.223 e. The van der Waals surface area contributed by atoms with Crippen molar-refractivity contribution in [2.75, 3.05) is 13.1 Å². The van der Waals surface area contributed by atoms with Crippen LogP contribution in [0.5, 0.6) is 0 Å². The Morgan fingerprint density at radius 3 is 2.59 bits per heavy atom. The molecule has 17 heavy (non-hydrogen) atoms. The van der Waals surface area contributed by atoms with Gasteiger partial charge in [-0.05, 0) is 49.5 Å². The first kappa shape index (κ1) is 12.9. The van der Waals surface area contributed by atoms with Crippen molar-refractivity contribution in [3.05, 3.63) is 0 Å². The Hall–Kier alpha value is -0.570. The van der Waals surface area contributed by atoms with Crippen LogP contribution in [0.3, 0.4) is 0 Å². The molecule has 0 bridgehead atoms. The minimum atomic E-state index is 0.180. The second kappa shape index (κ2) is 4.97. The molecule has 2 fully saturated rings. The van der Waals surface area contributed by atoms with Crippen molar-refractivity contribution in [1.29, 1.82) is 0 Å². The smallest absolute Gasteiger partial charge is 0.223 e. The van der Waals surface area contributed by atoms with E-state index in [9.17, 15) is 4.79 Å². The van der Waals surface area contributed by atoms with Gasteiger partial charge >= 0.3 is 0 Å². The van der Waals surface area contributed by atoms with E-state index in [2.05, 4.69) is 19.2 Å². The first-order valence-corrected chi connectivity index (χ1v) is 7.03. The molecule has 3 nitrogen and oxygen atoms in total. The first-order valence-electron chi connectivity index (χ1n) is 7.03. The molecule has 3 N–H and O–H groups in total. The summed E-state index contributed by atoms with van der Waals surface area (Å²) in [5.41, 5.74) is 5.70. The van der Waals surface area contributed by atoms with Crippen LogP contribution in [0.15, 0.2) is 0 Å². The van der Waals surface area contributed by atoms with Crippen LogP contribution < -0.4 is 11.1 Å². The molecule has 98 valence electrons. The number of hydrogen-bond acceptors (Lipinski definition) is 2. The zero-order valence-corrected chi connectivity index (χ0v) is 11.2. The van der Waals surface area contributed by atoms with E-state index in [1.165, 1.54) is 19.3 Å². The molecule has 0 saturated heterocycles. The van der Waals surface area contributed by atoms with E-state index in [0.29, 0.717) is 11.8 Å². The fourth-order valence-electron chi connectivity index (χ4n) is 3.32. The van der Waals surface area contributed by atoms with Crippen molar-refractivity contribution in [2.45, 2.75) is 46.0 Å². The molecule has 2 aliphatic rings. The van der Waals surface area contributed by atoms with Gasteiger partial charge in [0.25, 0.3) is 0 Å². The standard InChI is InChI=1S/C14H26N2O/c1-14(2,7-4-8-15)9-16-13(17)12-10-5-3-6-11(10)12/h10-12H,3-9,15H2,1-2H3,(H,16,17). The van der Waals surface area contributed by atoms with Crippen molar-refractivity contribution in [3.8, 4) is 0 Å². The van der Waals surface area contributed by atoms with Crippen LogP contribution in [0, 0.1) is 23.2 Å². The number of fused-ring (bicyclic) bond motifs is 1. The van der Waals surface area contributed by atoms with Gasteiger partial charge in [0.05, 0.1) is 0 Å². The fraction of sp³-hybridized carbons (Fsp3) is 0.929. The number of carbonyl (C=O) groups is 1. The van der Waals surface area contributed by atoms with Crippen LogP contribution in [-0.2, 0) is 4.79 Å². The lowest BCUT2D eigenvalue weighted by molar-refractivity contribution is -0.123. The predicted octanol–water partition coefficient (Wildman–Crippen LogP) is 1.91. The lowest BCUT2D eigenvalue weighted by Crippen LogP contribution is -2.35. The van der Waals surface area contributed by atoms with Gasteiger partial charge in [0, 0.05) is 12.5 Å². The Morgan fingerprint density at radius 1 is 1.35 bits per heavy atom. The summed E-state index contributed by atoms with van der Waals surface area (Å²) in [4.78, 5) is 12.0. The van der Waals surface area contributed by atoms with Gasteiger partial charge in [-0.25, -0.2) is 0 Å². The Morgan fingerprint density at radius 2 is 2.00 bits per heavy atom. The van der Waals surface area contributed by atoms with Crippen LogP contribution in [0.25, 0.3) is 0 Å². The van der Waals surface area contributed by atoms with Gasteiger partial charge in [-0.15, -0.1) is 0 Å². The SMILES string of the molecule is CC(C)(CCCN)CNC(=O)C1C2CCCC21. The lowest BCUT2D eigenvalue weighted by atomic mass is 9.87. The molecule has 0 spiro atoms. The molecule has 2 aliphatic carbocycles. The third-order valence-electron chi connectivity index (χ3n) is 4.51. The molecule has 2 unspecified atom stereocenters.